The fourth-order valence-corrected chi connectivity index (χ4v) is 6.53. The first-order valence-electron chi connectivity index (χ1n) is 13.9. The first-order chi connectivity index (χ1) is 18.9. The van der Waals surface area contributed by atoms with Gasteiger partial charge in [0.05, 0.1) is 17.3 Å². The van der Waals surface area contributed by atoms with Crippen LogP contribution in [0.25, 0.3) is 22.2 Å². The van der Waals surface area contributed by atoms with Gasteiger partial charge in [-0.3, -0.25) is 9.89 Å². The zero-order valence-electron chi connectivity index (χ0n) is 22.7. The maximum atomic E-state index is 13.4. The second-order valence-electron chi connectivity index (χ2n) is 11.3. The van der Waals surface area contributed by atoms with Crippen LogP contribution in [0, 0.1) is 5.92 Å². The molecule has 2 saturated heterocycles. The molecule has 3 heterocycles. The molecule has 2 N–H and O–H groups in total. The number of benzene rings is 3. The number of nitrogens with zero attached hydrogens (tertiary/aromatic N) is 2. The highest BCUT2D eigenvalue weighted by molar-refractivity contribution is 6.31. The number of piperidine rings is 1. The molecule has 7 heteroatoms. The van der Waals surface area contributed by atoms with Gasteiger partial charge in [-0.05, 0) is 92.7 Å². The van der Waals surface area contributed by atoms with E-state index in [1.54, 1.807) is 0 Å². The third kappa shape index (κ3) is 5.15. The van der Waals surface area contributed by atoms with E-state index in [0.29, 0.717) is 22.7 Å². The predicted octanol–water partition coefficient (Wildman–Crippen LogP) is 7.01. The Morgan fingerprint density at radius 1 is 1.05 bits per heavy atom. The van der Waals surface area contributed by atoms with E-state index in [2.05, 4.69) is 41.3 Å². The molecule has 2 aliphatic rings. The maximum Gasteiger partial charge on any atom is 0.251 e. The van der Waals surface area contributed by atoms with Crippen molar-refractivity contribution in [1.82, 2.24) is 20.4 Å². The van der Waals surface area contributed by atoms with Crippen molar-refractivity contribution in [2.45, 2.75) is 63.8 Å². The fourth-order valence-electron chi connectivity index (χ4n) is 6.27. The van der Waals surface area contributed by atoms with Crippen LogP contribution < -0.4 is 10.1 Å². The molecule has 0 spiro atoms. The van der Waals surface area contributed by atoms with E-state index in [1.165, 1.54) is 12.8 Å². The molecular weight excluding hydrogens is 508 g/mol. The Labute approximate surface area is 234 Å². The van der Waals surface area contributed by atoms with Gasteiger partial charge in [-0.15, -0.1) is 0 Å². The monoisotopic (exact) mass is 542 g/mol. The van der Waals surface area contributed by atoms with Crippen LogP contribution in [0.1, 0.15) is 61.5 Å². The summed E-state index contributed by atoms with van der Waals surface area (Å²) in [5.74, 6) is 0.929. The highest BCUT2D eigenvalue weighted by atomic mass is 35.5. The summed E-state index contributed by atoms with van der Waals surface area (Å²) in [6.07, 6.45) is 5.03. The van der Waals surface area contributed by atoms with Gasteiger partial charge in [0.1, 0.15) is 11.9 Å². The molecule has 0 saturated carbocycles. The van der Waals surface area contributed by atoms with Crippen molar-refractivity contribution >= 4 is 28.4 Å². The maximum absolute atomic E-state index is 13.4. The lowest BCUT2D eigenvalue weighted by atomic mass is 9.95. The summed E-state index contributed by atoms with van der Waals surface area (Å²) in [4.78, 5) is 15.9. The summed E-state index contributed by atoms with van der Waals surface area (Å²) in [7, 11) is 2.25. The first kappa shape index (κ1) is 25.9. The molecule has 1 aromatic heterocycles. The molecule has 6 rings (SSSR count). The molecule has 202 valence electrons. The van der Waals surface area contributed by atoms with E-state index in [-0.39, 0.29) is 24.0 Å². The van der Waals surface area contributed by atoms with Gasteiger partial charge in [-0.25, -0.2) is 0 Å². The number of halogens is 1. The lowest BCUT2D eigenvalue weighted by Crippen LogP contribution is -2.43. The van der Waals surface area contributed by atoms with Crippen molar-refractivity contribution < 1.29 is 9.53 Å². The van der Waals surface area contributed by atoms with E-state index in [0.717, 1.165) is 46.3 Å². The molecule has 2 fully saturated rings. The predicted molar refractivity (Wildman–Crippen MR) is 156 cm³/mol. The van der Waals surface area contributed by atoms with Gasteiger partial charge in [0, 0.05) is 33.6 Å². The average Bonchev–Trinajstić information content (AvgIpc) is 3.43. The van der Waals surface area contributed by atoms with Gasteiger partial charge < -0.3 is 15.0 Å². The lowest BCUT2D eigenvalue weighted by molar-refractivity contribution is 0.0662. The topological polar surface area (TPSA) is 70.2 Å². The first-order valence-corrected chi connectivity index (χ1v) is 14.3. The summed E-state index contributed by atoms with van der Waals surface area (Å²) in [6, 6.07) is 22.6. The number of fused-ring (bicyclic) bond motifs is 3. The molecule has 3 aromatic carbocycles. The highest BCUT2D eigenvalue weighted by Gasteiger charge is 2.39. The van der Waals surface area contributed by atoms with E-state index in [1.807, 2.05) is 66.7 Å². The van der Waals surface area contributed by atoms with Crippen LogP contribution >= 0.6 is 11.6 Å². The number of H-pyrrole nitrogens is 1. The Morgan fingerprint density at radius 3 is 2.46 bits per heavy atom. The molecule has 4 aromatic rings. The van der Waals surface area contributed by atoms with Crippen LogP contribution in [0.5, 0.6) is 5.75 Å². The van der Waals surface area contributed by atoms with Gasteiger partial charge >= 0.3 is 0 Å². The number of rotatable bonds is 7. The van der Waals surface area contributed by atoms with Crippen LogP contribution in [-0.4, -0.2) is 46.2 Å². The van der Waals surface area contributed by atoms with Crippen LogP contribution in [0.15, 0.2) is 66.7 Å². The standard InChI is InChI=1S/C32H35ClN4O2/c1-19(2)30(26-6-4-5-7-28(26)33)34-32(38)21-10-15-29-27(16-21)31(36-35-29)20-8-13-24(14-9-20)39-25-17-22-11-12-23(18-25)37(22)3/h4-10,13-16,19,22-23,25,30H,11-12,17-18H2,1-3H3,(H,34,38)(H,35,36)/t22-,23+,25-,30-/m0/s1. The summed E-state index contributed by atoms with van der Waals surface area (Å²) >= 11 is 6.46. The number of aromatic nitrogens is 2. The largest absolute Gasteiger partial charge is 0.490 e. The molecule has 4 atom stereocenters. The smallest absolute Gasteiger partial charge is 0.251 e. The second-order valence-corrected chi connectivity index (χ2v) is 11.7. The minimum Gasteiger partial charge on any atom is -0.490 e. The normalized spacial score (nSPS) is 21.8. The molecule has 6 nitrogen and oxygen atoms in total. The van der Waals surface area contributed by atoms with E-state index < -0.39 is 0 Å². The summed E-state index contributed by atoms with van der Waals surface area (Å²) < 4.78 is 6.38. The van der Waals surface area contributed by atoms with Crippen LogP contribution in [0.3, 0.4) is 0 Å². The van der Waals surface area contributed by atoms with Gasteiger partial charge in [0.2, 0.25) is 0 Å². The van der Waals surface area contributed by atoms with E-state index in [4.69, 9.17) is 16.3 Å². The number of hydrogen-bond donors (Lipinski definition) is 2. The summed E-state index contributed by atoms with van der Waals surface area (Å²) in [6.45, 7) is 4.16. The van der Waals surface area contributed by atoms with Gasteiger partial charge in [-0.2, -0.15) is 5.10 Å². The average molecular weight is 543 g/mol. The van der Waals surface area contributed by atoms with Crippen molar-refractivity contribution in [3.63, 3.8) is 0 Å². The summed E-state index contributed by atoms with van der Waals surface area (Å²) in [5.41, 5.74) is 4.18. The SMILES string of the molecule is CC(C)[C@H](NC(=O)c1ccc2[nH]nc(-c3ccc(O[C@@H]4C[C@H]5CC[C@@H](C4)N5C)cc3)c2c1)c1ccccc1Cl. The number of carbonyl (C=O) groups excluding carboxylic acids is 1. The Bertz CT molecular complexity index is 1470. The molecule has 0 radical (unpaired) electrons. The van der Waals surface area contributed by atoms with Crippen LogP contribution in [0.2, 0.25) is 5.02 Å². The van der Waals surface area contributed by atoms with Gasteiger partial charge in [-0.1, -0.05) is 43.6 Å². The molecule has 39 heavy (non-hydrogen) atoms. The Morgan fingerprint density at radius 2 is 1.77 bits per heavy atom. The number of aromatic amines is 1. The molecule has 0 aliphatic carbocycles. The van der Waals surface area contributed by atoms with Crippen molar-refractivity contribution in [3.8, 4) is 17.0 Å². The van der Waals surface area contributed by atoms with Gasteiger partial charge in [0.25, 0.3) is 5.91 Å². The van der Waals surface area contributed by atoms with E-state index >= 15 is 0 Å². The molecule has 0 unspecified atom stereocenters. The number of carbonyl (C=O) groups is 1. The molecular formula is C32H35ClN4O2. The quantitative estimate of drug-likeness (QED) is 0.263. The minimum atomic E-state index is -0.196. The number of amides is 1. The number of nitrogens with one attached hydrogen (secondary N) is 2. The van der Waals surface area contributed by atoms with Crippen LogP contribution in [-0.2, 0) is 0 Å². The van der Waals surface area contributed by atoms with Crippen molar-refractivity contribution in [2.75, 3.05) is 7.05 Å². The van der Waals surface area contributed by atoms with Crippen LogP contribution in [0.4, 0.5) is 0 Å². The lowest BCUT2D eigenvalue weighted by Gasteiger charge is -2.36. The third-order valence-electron chi connectivity index (χ3n) is 8.50. The van der Waals surface area contributed by atoms with Crippen molar-refractivity contribution in [2.24, 2.45) is 5.92 Å². The second kappa shape index (κ2) is 10.7. The van der Waals surface area contributed by atoms with Crippen molar-refractivity contribution in [3.05, 3.63) is 82.9 Å². The zero-order chi connectivity index (χ0) is 27.1. The third-order valence-corrected chi connectivity index (χ3v) is 8.85. The Balaban J connectivity index is 1.20. The Kier molecular flexibility index (Phi) is 7.08. The van der Waals surface area contributed by atoms with Crippen molar-refractivity contribution in [1.29, 1.82) is 0 Å². The molecule has 2 aliphatic heterocycles. The van der Waals surface area contributed by atoms with Gasteiger partial charge in [0.15, 0.2) is 0 Å². The highest BCUT2D eigenvalue weighted by Crippen LogP contribution is 2.36. The van der Waals surface area contributed by atoms with E-state index in [9.17, 15) is 4.79 Å². The minimum absolute atomic E-state index is 0.140. The zero-order valence-corrected chi connectivity index (χ0v) is 23.4. The number of ether oxygens (including phenoxy) is 1. The molecule has 2 bridgehead atoms. The fraction of sp³-hybridized carbons (Fsp3) is 0.375. The molecule has 1 amide bonds. The summed E-state index contributed by atoms with van der Waals surface area (Å²) in [5, 5.41) is 12.4. The Hall–Kier alpha value is -3.35. The number of hydrogen-bond acceptors (Lipinski definition) is 4.